The number of benzene rings is 1. The Morgan fingerprint density at radius 1 is 0.941 bits per heavy atom. The lowest BCUT2D eigenvalue weighted by Crippen LogP contribution is -2.06. The van der Waals surface area contributed by atoms with Crippen molar-refractivity contribution in [3.63, 3.8) is 0 Å². The monoisotopic (exact) mass is 221 g/mol. The lowest BCUT2D eigenvalue weighted by molar-refractivity contribution is 0.296. The van der Waals surface area contributed by atoms with E-state index in [1.54, 1.807) is 0 Å². The van der Waals surface area contributed by atoms with Crippen molar-refractivity contribution in [2.75, 3.05) is 0 Å². The van der Waals surface area contributed by atoms with Gasteiger partial charge in [-0.3, -0.25) is 0 Å². The fourth-order valence-corrected chi connectivity index (χ4v) is 2.52. The molecule has 0 N–H and O–H groups in total. The topological polar surface area (TPSA) is 13.6 Å². The molecule has 0 aliphatic carbocycles. The smallest absolute Gasteiger partial charge is 0.129 e. The Kier molecular flexibility index (Phi) is 1.64. The maximum atomic E-state index is 5.80. The van der Waals surface area contributed by atoms with Crippen LogP contribution in [0, 0.1) is 0 Å². The molecule has 0 bridgehead atoms. The second-order valence-corrected chi connectivity index (χ2v) is 4.29. The van der Waals surface area contributed by atoms with Crippen molar-refractivity contribution in [3.8, 4) is 16.9 Å². The van der Waals surface area contributed by atoms with Crippen LogP contribution in [0.4, 0.5) is 0 Å². The molecule has 1 aliphatic heterocycles. The summed E-state index contributed by atoms with van der Waals surface area (Å²) < 4.78 is 8.00. The van der Waals surface area contributed by atoms with Gasteiger partial charge in [-0.05, 0) is 24.3 Å². The van der Waals surface area contributed by atoms with Gasteiger partial charge in [-0.2, -0.15) is 0 Å². The summed E-state index contributed by atoms with van der Waals surface area (Å²) in [5.41, 5.74) is 4.94. The van der Waals surface area contributed by atoms with Gasteiger partial charge in [0, 0.05) is 22.8 Å². The van der Waals surface area contributed by atoms with Crippen molar-refractivity contribution >= 4 is 5.52 Å². The average Bonchev–Trinajstić information content (AvgIpc) is 2.78. The van der Waals surface area contributed by atoms with Gasteiger partial charge in [0.05, 0.1) is 5.69 Å². The lowest BCUT2D eigenvalue weighted by atomic mass is 10.0. The summed E-state index contributed by atoms with van der Waals surface area (Å²) in [6.07, 6.45) is 2.09. The lowest BCUT2D eigenvalue weighted by Gasteiger charge is -2.18. The van der Waals surface area contributed by atoms with Crippen LogP contribution in [0.25, 0.3) is 16.6 Å². The first kappa shape index (κ1) is 8.88. The summed E-state index contributed by atoms with van der Waals surface area (Å²) in [5, 5.41) is 0. The fourth-order valence-electron chi connectivity index (χ4n) is 2.52. The first-order valence-corrected chi connectivity index (χ1v) is 5.75. The molecule has 0 fully saturated rings. The second-order valence-electron chi connectivity index (χ2n) is 4.29. The summed E-state index contributed by atoms with van der Waals surface area (Å²) in [5.74, 6) is 0.982. The van der Waals surface area contributed by atoms with Crippen LogP contribution in [-0.2, 0) is 6.61 Å². The van der Waals surface area contributed by atoms with Gasteiger partial charge in [0.2, 0.25) is 0 Å². The highest BCUT2D eigenvalue weighted by molar-refractivity contribution is 5.79. The van der Waals surface area contributed by atoms with Gasteiger partial charge in [-0.1, -0.05) is 24.3 Å². The molecule has 0 spiro atoms. The Morgan fingerprint density at radius 3 is 2.82 bits per heavy atom. The van der Waals surface area contributed by atoms with E-state index in [0.29, 0.717) is 6.61 Å². The third-order valence-electron chi connectivity index (χ3n) is 3.33. The van der Waals surface area contributed by atoms with E-state index in [0.717, 1.165) is 5.75 Å². The summed E-state index contributed by atoms with van der Waals surface area (Å²) in [6.45, 7) is 0.643. The quantitative estimate of drug-likeness (QED) is 0.566. The summed E-state index contributed by atoms with van der Waals surface area (Å²) in [6, 6.07) is 16.7. The number of aromatic nitrogens is 1. The van der Waals surface area contributed by atoms with E-state index in [-0.39, 0.29) is 0 Å². The van der Waals surface area contributed by atoms with E-state index in [1.165, 1.54) is 22.3 Å². The standard InChI is InChI=1S/C15H11NO/c1-2-7-15-12(6-1)13-9-11-5-3-4-8-16(11)14(13)10-17-15/h1-9H,10H2. The van der Waals surface area contributed by atoms with Crippen LogP contribution in [-0.4, -0.2) is 4.40 Å². The van der Waals surface area contributed by atoms with E-state index in [9.17, 15) is 0 Å². The highest BCUT2D eigenvalue weighted by Crippen LogP contribution is 2.38. The molecule has 2 heteroatoms. The Morgan fingerprint density at radius 2 is 1.82 bits per heavy atom. The molecule has 4 rings (SSSR count). The molecule has 3 aromatic rings. The van der Waals surface area contributed by atoms with Crippen LogP contribution >= 0.6 is 0 Å². The molecule has 0 amide bonds. The number of hydrogen-bond donors (Lipinski definition) is 0. The first-order valence-electron chi connectivity index (χ1n) is 5.75. The van der Waals surface area contributed by atoms with Crippen LogP contribution in [0.1, 0.15) is 5.69 Å². The van der Waals surface area contributed by atoms with Crippen molar-refractivity contribution in [2.24, 2.45) is 0 Å². The molecule has 3 heterocycles. The Bertz CT molecular complexity index is 712. The van der Waals surface area contributed by atoms with E-state index in [2.05, 4.69) is 40.9 Å². The van der Waals surface area contributed by atoms with E-state index >= 15 is 0 Å². The molecular weight excluding hydrogens is 210 g/mol. The van der Waals surface area contributed by atoms with E-state index in [4.69, 9.17) is 4.74 Å². The normalized spacial score (nSPS) is 12.9. The molecule has 1 aromatic carbocycles. The second kappa shape index (κ2) is 3.14. The number of ether oxygens (including phenoxy) is 1. The maximum absolute atomic E-state index is 5.80. The number of hydrogen-bond acceptors (Lipinski definition) is 1. The molecule has 0 unspecified atom stereocenters. The molecule has 82 valence electrons. The SMILES string of the molecule is c1ccc2c(c1)OCc1c-2cc2ccccn12. The maximum Gasteiger partial charge on any atom is 0.129 e. The molecule has 0 atom stereocenters. The fraction of sp³-hybridized carbons (Fsp3) is 0.0667. The van der Waals surface area contributed by atoms with Crippen molar-refractivity contribution in [1.82, 2.24) is 4.40 Å². The summed E-state index contributed by atoms with van der Waals surface area (Å²) in [7, 11) is 0. The number of para-hydroxylation sites is 1. The molecule has 0 saturated carbocycles. The van der Waals surface area contributed by atoms with Gasteiger partial charge in [0.25, 0.3) is 0 Å². The molecule has 1 aliphatic rings. The zero-order chi connectivity index (χ0) is 11.2. The predicted octanol–water partition coefficient (Wildman–Crippen LogP) is 3.50. The van der Waals surface area contributed by atoms with E-state index < -0.39 is 0 Å². The number of pyridine rings is 1. The molecule has 17 heavy (non-hydrogen) atoms. The minimum absolute atomic E-state index is 0.643. The number of fused-ring (bicyclic) bond motifs is 5. The van der Waals surface area contributed by atoms with Crippen molar-refractivity contribution in [3.05, 3.63) is 60.4 Å². The number of rotatable bonds is 0. The molecule has 2 nitrogen and oxygen atoms in total. The predicted molar refractivity (Wildman–Crippen MR) is 67.2 cm³/mol. The molecule has 0 radical (unpaired) electrons. The summed E-state index contributed by atoms with van der Waals surface area (Å²) >= 11 is 0. The van der Waals surface area contributed by atoms with Crippen LogP contribution in [0.5, 0.6) is 5.75 Å². The first-order chi connectivity index (χ1) is 8.43. The Hall–Kier alpha value is -2.22. The molecule has 0 saturated heterocycles. The molecular formula is C15H11NO. The van der Waals surface area contributed by atoms with Crippen LogP contribution in [0.15, 0.2) is 54.7 Å². The highest BCUT2D eigenvalue weighted by Gasteiger charge is 2.19. The van der Waals surface area contributed by atoms with Gasteiger partial charge in [-0.25, -0.2) is 0 Å². The van der Waals surface area contributed by atoms with Crippen molar-refractivity contribution in [2.45, 2.75) is 6.61 Å². The third kappa shape index (κ3) is 1.15. The van der Waals surface area contributed by atoms with Crippen molar-refractivity contribution in [1.29, 1.82) is 0 Å². The average molecular weight is 221 g/mol. The Labute approximate surface area is 99.1 Å². The van der Waals surface area contributed by atoms with E-state index in [1.807, 2.05) is 18.2 Å². The summed E-state index contributed by atoms with van der Waals surface area (Å²) in [4.78, 5) is 0. The van der Waals surface area contributed by atoms with Crippen LogP contribution in [0.2, 0.25) is 0 Å². The third-order valence-corrected chi connectivity index (χ3v) is 3.33. The largest absolute Gasteiger partial charge is 0.487 e. The van der Waals surface area contributed by atoms with Gasteiger partial charge < -0.3 is 9.14 Å². The molecule has 2 aromatic heterocycles. The van der Waals surface area contributed by atoms with Gasteiger partial charge in [0.15, 0.2) is 0 Å². The van der Waals surface area contributed by atoms with Crippen LogP contribution in [0.3, 0.4) is 0 Å². The zero-order valence-electron chi connectivity index (χ0n) is 9.26. The van der Waals surface area contributed by atoms with Crippen molar-refractivity contribution < 1.29 is 4.74 Å². The Balaban J connectivity index is 2.10. The van der Waals surface area contributed by atoms with Gasteiger partial charge in [0.1, 0.15) is 12.4 Å². The van der Waals surface area contributed by atoms with Crippen LogP contribution < -0.4 is 4.74 Å². The minimum atomic E-state index is 0.643. The highest BCUT2D eigenvalue weighted by atomic mass is 16.5. The number of nitrogens with zero attached hydrogens (tertiary/aromatic N) is 1. The van der Waals surface area contributed by atoms with Gasteiger partial charge in [-0.15, -0.1) is 0 Å². The van der Waals surface area contributed by atoms with Gasteiger partial charge >= 0.3 is 0 Å². The zero-order valence-corrected chi connectivity index (χ0v) is 9.26. The minimum Gasteiger partial charge on any atom is -0.487 e.